The Morgan fingerprint density at radius 2 is 2.39 bits per heavy atom. The normalized spacial score (nSPS) is 27.1. The summed E-state index contributed by atoms with van der Waals surface area (Å²) in [5.74, 6) is 0.619. The van der Waals surface area contributed by atoms with Gasteiger partial charge in [0.25, 0.3) is 0 Å². The second kappa shape index (κ2) is 6.27. The molecule has 0 amide bonds. The fraction of sp³-hybridized carbons (Fsp3) is 0.643. The van der Waals surface area contributed by atoms with Gasteiger partial charge in [0.15, 0.2) is 0 Å². The molecule has 2 N–H and O–H groups in total. The third-order valence-electron chi connectivity index (χ3n) is 3.92. The van der Waals surface area contributed by atoms with E-state index < -0.39 is 0 Å². The van der Waals surface area contributed by atoms with Crippen LogP contribution in [-0.2, 0) is 4.74 Å². The zero-order valence-electron chi connectivity index (χ0n) is 11.2. The van der Waals surface area contributed by atoms with Crippen molar-refractivity contribution in [1.82, 2.24) is 9.88 Å². The molecule has 4 heteroatoms. The monoisotopic (exact) mass is 249 g/mol. The molecule has 0 radical (unpaired) electrons. The largest absolute Gasteiger partial charge is 0.380 e. The van der Waals surface area contributed by atoms with Gasteiger partial charge in [-0.25, -0.2) is 0 Å². The molecular weight excluding hydrogens is 226 g/mol. The van der Waals surface area contributed by atoms with Crippen molar-refractivity contribution in [1.29, 1.82) is 0 Å². The summed E-state index contributed by atoms with van der Waals surface area (Å²) in [6, 6.07) is 6.21. The van der Waals surface area contributed by atoms with E-state index in [1.54, 1.807) is 7.11 Å². The number of likely N-dealkylation sites (tertiary alicyclic amines) is 1. The zero-order valence-corrected chi connectivity index (χ0v) is 11.2. The van der Waals surface area contributed by atoms with Crippen molar-refractivity contribution in [2.45, 2.75) is 25.5 Å². The molecule has 0 aromatic carbocycles. The van der Waals surface area contributed by atoms with E-state index in [1.165, 1.54) is 0 Å². The second-order valence-electron chi connectivity index (χ2n) is 5.04. The van der Waals surface area contributed by atoms with Crippen molar-refractivity contribution in [3.05, 3.63) is 30.1 Å². The standard InChI is InChI=1S/C14H23N3O/c1-11-6-8-17(10-14(11)18-2)13(9-15)12-5-3-4-7-16-12/h3-5,7,11,13-14H,6,8-10,15H2,1-2H3. The number of nitrogens with two attached hydrogens (primary N) is 1. The van der Waals surface area contributed by atoms with Gasteiger partial charge in [-0.1, -0.05) is 13.0 Å². The van der Waals surface area contributed by atoms with Crippen LogP contribution in [0.4, 0.5) is 0 Å². The molecule has 0 aliphatic carbocycles. The van der Waals surface area contributed by atoms with Crippen LogP contribution in [0.2, 0.25) is 0 Å². The number of nitrogens with zero attached hydrogens (tertiary/aromatic N) is 2. The van der Waals surface area contributed by atoms with Gasteiger partial charge in [-0.2, -0.15) is 0 Å². The van der Waals surface area contributed by atoms with Gasteiger partial charge in [0.05, 0.1) is 17.8 Å². The van der Waals surface area contributed by atoms with E-state index >= 15 is 0 Å². The molecule has 0 saturated carbocycles. The number of hydrogen-bond acceptors (Lipinski definition) is 4. The Morgan fingerprint density at radius 1 is 1.56 bits per heavy atom. The van der Waals surface area contributed by atoms with Crippen LogP contribution in [-0.4, -0.2) is 42.7 Å². The lowest BCUT2D eigenvalue weighted by Crippen LogP contribution is -2.47. The summed E-state index contributed by atoms with van der Waals surface area (Å²) < 4.78 is 5.56. The molecule has 1 saturated heterocycles. The quantitative estimate of drug-likeness (QED) is 0.877. The number of hydrogen-bond donors (Lipinski definition) is 1. The predicted octanol–water partition coefficient (Wildman–Crippen LogP) is 1.44. The van der Waals surface area contributed by atoms with Gasteiger partial charge in [0.2, 0.25) is 0 Å². The molecule has 2 heterocycles. The van der Waals surface area contributed by atoms with Gasteiger partial charge >= 0.3 is 0 Å². The van der Waals surface area contributed by atoms with Crippen LogP contribution < -0.4 is 5.73 Å². The Bertz CT molecular complexity index is 357. The lowest BCUT2D eigenvalue weighted by atomic mass is 9.94. The van der Waals surface area contributed by atoms with Crippen LogP contribution in [0.5, 0.6) is 0 Å². The lowest BCUT2D eigenvalue weighted by molar-refractivity contribution is -0.0188. The van der Waals surface area contributed by atoms with Crippen LogP contribution in [0.25, 0.3) is 0 Å². The molecule has 1 fully saturated rings. The first-order valence-electron chi connectivity index (χ1n) is 6.64. The summed E-state index contributed by atoms with van der Waals surface area (Å²) in [5, 5.41) is 0. The van der Waals surface area contributed by atoms with Gasteiger partial charge < -0.3 is 10.5 Å². The maximum absolute atomic E-state index is 5.93. The topological polar surface area (TPSA) is 51.4 Å². The maximum atomic E-state index is 5.93. The van der Waals surface area contributed by atoms with Crippen molar-refractivity contribution in [2.75, 3.05) is 26.7 Å². The van der Waals surface area contributed by atoms with Crippen molar-refractivity contribution in [3.63, 3.8) is 0 Å². The fourth-order valence-corrected chi connectivity index (χ4v) is 2.68. The van der Waals surface area contributed by atoms with Crippen molar-refractivity contribution in [2.24, 2.45) is 11.7 Å². The molecule has 1 aliphatic heterocycles. The highest BCUT2D eigenvalue weighted by molar-refractivity contribution is 5.10. The summed E-state index contributed by atoms with van der Waals surface area (Å²) in [7, 11) is 1.79. The molecule has 3 unspecified atom stereocenters. The number of methoxy groups -OCH3 is 1. The van der Waals surface area contributed by atoms with Crippen molar-refractivity contribution >= 4 is 0 Å². The van der Waals surface area contributed by atoms with Crippen LogP contribution >= 0.6 is 0 Å². The average molecular weight is 249 g/mol. The van der Waals surface area contributed by atoms with Gasteiger partial charge in [-0.3, -0.25) is 9.88 Å². The number of aromatic nitrogens is 1. The minimum absolute atomic E-state index is 0.205. The third-order valence-corrected chi connectivity index (χ3v) is 3.92. The van der Waals surface area contributed by atoms with E-state index in [0.29, 0.717) is 18.6 Å². The number of ether oxygens (including phenoxy) is 1. The summed E-state index contributed by atoms with van der Waals surface area (Å²) in [4.78, 5) is 6.83. The number of pyridine rings is 1. The van der Waals surface area contributed by atoms with E-state index in [2.05, 4.69) is 22.9 Å². The Kier molecular flexibility index (Phi) is 4.69. The van der Waals surface area contributed by atoms with E-state index in [1.807, 2.05) is 18.3 Å². The summed E-state index contributed by atoms with van der Waals surface area (Å²) in [6.45, 7) is 4.86. The highest BCUT2D eigenvalue weighted by Crippen LogP contribution is 2.26. The molecule has 3 atom stereocenters. The Labute approximate surface area is 109 Å². The Hall–Kier alpha value is -0.970. The number of piperidine rings is 1. The first-order valence-corrected chi connectivity index (χ1v) is 6.64. The average Bonchev–Trinajstić information content (AvgIpc) is 2.42. The molecule has 1 aliphatic rings. The van der Waals surface area contributed by atoms with Gasteiger partial charge in [0.1, 0.15) is 0 Å². The smallest absolute Gasteiger partial charge is 0.0724 e. The minimum atomic E-state index is 0.205. The fourth-order valence-electron chi connectivity index (χ4n) is 2.68. The summed E-state index contributed by atoms with van der Waals surface area (Å²) >= 11 is 0. The number of rotatable bonds is 4. The van der Waals surface area contributed by atoms with Gasteiger partial charge in [-0.05, 0) is 31.0 Å². The second-order valence-corrected chi connectivity index (χ2v) is 5.04. The van der Waals surface area contributed by atoms with E-state index in [0.717, 1.165) is 25.2 Å². The van der Waals surface area contributed by atoms with Crippen molar-refractivity contribution in [3.8, 4) is 0 Å². The summed E-state index contributed by atoms with van der Waals surface area (Å²) in [6.07, 6.45) is 3.29. The predicted molar refractivity (Wildman–Crippen MR) is 72.2 cm³/mol. The lowest BCUT2D eigenvalue weighted by Gasteiger charge is -2.40. The molecule has 18 heavy (non-hydrogen) atoms. The van der Waals surface area contributed by atoms with E-state index in [4.69, 9.17) is 10.5 Å². The summed E-state index contributed by atoms with van der Waals surface area (Å²) in [5.41, 5.74) is 6.99. The third kappa shape index (κ3) is 2.88. The van der Waals surface area contributed by atoms with E-state index in [9.17, 15) is 0 Å². The highest BCUT2D eigenvalue weighted by Gasteiger charge is 2.30. The Morgan fingerprint density at radius 3 is 3.00 bits per heavy atom. The van der Waals surface area contributed by atoms with Crippen LogP contribution in [0.15, 0.2) is 24.4 Å². The SMILES string of the molecule is COC1CN(C(CN)c2ccccn2)CCC1C. The van der Waals surface area contributed by atoms with Crippen LogP contribution in [0.3, 0.4) is 0 Å². The highest BCUT2D eigenvalue weighted by atomic mass is 16.5. The maximum Gasteiger partial charge on any atom is 0.0724 e. The van der Waals surface area contributed by atoms with Crippen LogP contribution in [0.1, 0.15) is 25.1 Å². The first kappa shape index (κ1) is 13.5. The minimum Gasteiger partial charge on any atom is -0.380 e. The molecule has 1 aromatic rings. The van der Waals surface area contributed by atoms with Crippen LogP contribution in [0, 0.1) is 5.92 Å². The molecule has 4 nitrogen and oxygen atoms in total. The zero-order chi connectivity index (χ0) is 13.0. The van der Waals surface area contributed by atoms with E-state index in [-0.39, 0.29) is 6.04 Å². The molecule has 0 bridgehead atoms. The van der Waals surface area contributed by atoms with Gasteiger partial charge in [0, 0.05) is 26.4 Å². The molecule has 2 rings (SSSR count). The molecule has 0 spiro atoms. The molecule has 1 aromatic heterocycles. The molecule has 100 valence electrons. The van der Waals surface area contributed by atoms with Crippen molar-refractivity contribution < 1.29 is 4.74 Å². The molecular formula is C14H23N3O. The van der Waals surface area contributed by atoms with Gasteiger partial charge in [-0.15, -0.1) is 0 Å². The first-order chi connectivity index (χ1) is 8.76. The Balaban J connectivity index is 2.09.